The third-order valence-corrected chi connectivity index (χ3v) is 5.93. The monoisotopic (exact) mass is 343 g/mol. The summed E-state index contributed by atoms with van der Waals surface area (Å²) in [6.07, 6.45) is 4.71. The lowest BCUT2D eigenvalue weighted by Crippen LogP contribution is -2.42. The van der Waals surface area contributed by atoms with Crippen molar-refractivity contribution in [3.63, 3.8) is 0 Å². The van der Waals surface area contributed by atoms with E-state index < -0.39 is 0 Å². The van der Waals surface area contributed by atoms with Crippen LogP contribution >= 0.6 is 0 Å². The second kappa shape index (κ2) is 6.77. The van der Waals surface area contributed by atoms with E-state index in [0.29, 0.717) is 24.1 Å². The molecule has 3 aliphatic rings. The lowest BCUT2D eigenvalue weighted by Gasteiger charge is -2.27. The average molecular weight is 343 g/mol. The highest BCUT2D eigenvalue weighted by atomic mass is 16.5. The number of nitrogens with one attached hydrogen (secondary N) is 2. The van der Waals surface area contributed by atoms with E-state index in [2.05, 4.69) is 10.6 Å². The quantitative estimate of drug-likeness (QED) is 0.780. The van der Waals surface area contributed by atoms with Crippen LogP contribution in [0.4, 0.5) is 11.4 Å². The minimum absolute atomic E-state index is 0.0104. The Labute approximate surface area is 147 Å². The van der Waals surface area contributed by atoms with Gasteiger partial charge in [0.2, 0.25) is 5.91 Å². The Bertz CT molecular complexity index is 652. The lowest BCUT2D eigenvalue weighted by atomic mass is 9.84. The molecule has 1 aliphatic heterocycles. The smallest absolute Gasteiger partial charge is 0.253 e. The van der Waals surface area contributed by atoms with Crippen molar-refractivity contribution >= 4 is 23.2 Å². The molecule has 25 heavy (non-hydrogen) atoms. The summed E-state index contributed by atoms with van der Waals surface area (Å²) in [6.45, 7) is 0.647. The molecular weight excluding hydrogens is 318 g/mol. The molecule has 6 nitrogen and oxygen atoms in total. The summed E-state index contributed by atoms with van der Waals surface area (Å²) >= 11 is 0. The SMILES string of the molecule is NC1C2CCC(C2)C1C(=O)Nc1ccc(NC(=O)C2CCCO2)cc1. The van der Waals surface area contributed by atoms with Crippen molar-refractivity contribution in [1.29, 1.82) is 0 Å². The molecule has 2 bridgehead atoms. The molecule has 1 heterocycles. The zero-order valence-electron chi connectivity index (χ0n) is 14.2. The first kappa shape index (κ1) is 16.5. The number of ether oxygens (including phenoxy) is 1. The maximum Gasteiger partial charge on any atom is 0.253 e. The van der Waals surface area contributed by atoms with Gasteiger partial charge in [0.05, 0.1) is 5.92 Å². The Kier molecular flexibility index (Phi) is 4.48. The molecule has 0 aromatic heterocycles. The number of anilines is 2. The molecule has 1 saturated heterocycles. The van der Waals surface area contributed by atoms with E-state index in [4.69, 9.17) is 10.5 Å². The number of amides is 2. The minimum Gasteiger partial charge on any atom is -0.368 e. The molecule has 0 spiro atoms. The Morgan fingerprint density at radius 2 is 1.60 bits per heavy atom. The van der Waals surface area contributed by atoms with Crippen LogP contribution in [0.5, 0.6) is 0 Å². The molecule has 1 aromatic rings. The van der Waals surface area contributed by atoms with Crippen LogP contribution < -0.4 is 16.4 Å². The van der Waals surface area contributed by atoms with Gasteiger partial charge in [-0.05, 0) is 68.2 Å². The first-order chi connectivity index (χ1) is 12.1. The van der Waals surface area contributed by atoms with Crippen molar-refractivity contribution in [2.75, 3.05) is 17.2 Å². The number of hydrogen-bond acceptors (Lipinski definition) is 4. The van der Waals surface area contributed by atoms with Crippen molar-refractivity contribution in [1.82, 2.24) is 0 Å². The molecule has 3 fully saturated rings. The van der Waals surface area contributed by atoms with Gasteiger partial charge in [-0.1, -0.05) is 0 Å². The molecule has 5 atom stereocenters. The number of carbonyl (C=O) groups excluding carboxylic acids is 2. The molecule has 1 aromatic carbocycles. The summed E-state index contributed by atoms with van der Waals surface area (Å²) in [5, 5.41) is 5.83. The van der Waals surface area contributed by atoms with E-state index in [9.17, 15) is 9.59 Å². The zero-order chi connectivity index (χ0) is 17.4. The van der Waals surface area contributed by atoms with Crippen molar-refractivity contribution in [2.24, 2.45) is 23.5 Å². The number of benzene rings is 1. The van der Waals surface area contributed by atoms with Crippen LogP contribution in [0.3, 0.4) is 0 Å². The molecule has 6 heteroatoms. The minimum atomic E-state index is -0.348. The molecule has 0 radical (unpaired) electrons. The second-order valence-corrected chi connectivity index (χ2v) is 7.49. The number of hydrogen-bond donors (Lipinski definition) is 3. The molecule has 5 unspecified atom stereocenters. The number of fused-ring (bicyclic) bond motifs is 2. The normalized spacial score (nSPS) is 33.4. The highest BCUT2D eigenvalue weighted by molar-refractivity contribution is 5.96. The van der Waals surface area contributed by atoms with E-state index >= 15 is 0 Å². The fourth-order valence-electron chi connectivity index (χ4n) is 4.59. The molecule has 134 valence electrons. The second-order valence-electron chi connectivity index (χ2n) is 7.49. The van der Waals surface area contributed by atoms with Crippen molar-refractivity contribution in [3.05, 3.63) is 24.3 Å². The molecule has 2 saturated carbocycles. The van der Waals surface area contributed by atoms with Crippen LogP contribution in [0, 0.1) is 17.8 Å². The maximum absolute atomic E-state index is 12.6. The van der Waals surface area contributed by atoms with E-state index in [-0.39, 0.29) is 29.9 Å². The van der Waals surface area contributed by atoms with Gasteiger partial charge in [-0.3, -0.25) is 9.59 Å². The van der Waals surface area contributed by atoms with E-state index in [0.717, 1.165) is 37.8 Å². The number of rotatable bonds is 4. The van der Waals surface area contributed by atoms with Gasteiger partial charge in [0.15, 0.2) is 0 Å². The van der Waals surface area contributed by atoms with Crippen LogP contribution in [-0.2, 0) is 14.3 Å². The summed E-state index contributed by atoms with van der Waals surface area (Å²) in [7, 11) is 0. The molecule has 2 amide bonds. The van der Waals surface area contributed by atoms with Crippen LogP contribution in [0.25, 0.3) is 0 Å². The van der Waals surface area contributed by atoms with Crippen molar-refractivity contribution in [3.8, 4) is 0 Å². The van der Waals surface area contributed by atoms with Crippen LogP contribution in [0.15, 0.2) is 24.3 Å². The van der Waals surface area contributed by atoms with Crippen molar-refractivity contribution in [2.45, 2.75) is 44.2 Å². The fraction of sp³-hybridized carbons (Fsp3) is 0.579. The summed E-state index contributed by atoms with van der Waals surface area (Å²) in [6, 6.07) is 7.19. The standard InChI is InChI=1S/C19H25N3O3/c20-17-12-4-3-11(10-12)16(17)19(24)22-14-7-5-13(6-8-14)21-18(23)15-2-1-9-25-15/h5-8,11-12,15-17H,1-4,9-10,20H2,(H,21,23)(H,22,24). The molecular formula is C19H25N3O3. The van der Waals surface area contributed by atoms with Gasteiger partial charge in [-0.15, -0.1) is 0 Å². The van der Waals surface area contributed by atoms with Gasteiger partial charge in [0.1, 0.15) is 6.10 Å². The van der Waals surface area contributed by atoms with Gasteiger partial charge in [0.25, 0.3) is 5.91 Å². The Hall–Kier alpha value is -1.92. The first-order valence-corrected chi connectivity index (χ1v) is 9.21. The third kappa shape index (κ3) is 3.28. The number of nitrogens with two attached hydrogens (primary N) is 1. The molecule has 4 rings (SSSR count). The van der Waals surface area contributed by atoms with Gasteiger partial charge < -0.3 is 21.1 Å². The highest BCUT2D eigenvalue weighted by Gasteiger charge is 2.49. The molecule has 4 N–H and O–H groups in total. The van der Waals surface area contributed by atoms with Gasteiger partial charge >= 0.3 is 0 Å². The first-order valence-electron chi connectivity index (χ1n) is 9.21. The van der Waals surface area contributed by atoms with E-state index in [1.165, 1.54) is 0 Å². The Balaban J connectivity index is 1.34. The fourth-order valence-corrected chi connectivity index (χ4v) is 4.59. The van der Waals surface area contributed by atoms with E-state index in [1.807, 2.05) is 12.1 Å². The summed E-state index contributed by atoms with van der Waals surface area (Å²) in [4.78, 5) is 24.6. The zero-order valence-corrected chi connectivity index (χ0v) is 14.2. The van der Waals surface area contributed by atoms with Crippen LogP contribution in [-0.4, -0.2) is 30.6 Å². The van der Waals surface area contributed by atoms with Gasteiger partial charge in [-0.25, -0.2) is 0 Å². The summed E-state index contributed by atoms with van der Waals surface area (Å²) < 4.78 is 5.37. The van der Waals surface area contributed by atoms with Gasteiger partial charge in [-0.2, -0.15) is 0 Å². The van der Waals surface area contributed by atoms with Crippen molar-refractivity contribution < 1.29 is 14.3 Å². The predicted octanol–water partition coefficient (Wildman–Crippen LogP) is 2.12. The third-order valence-electron chi connectivity index (χ3n) is 5.93. The highest BCUT2D eigenvalue weighted by Crippen LogP contribution is 2.47. The Morgan fingerprint density at radius 1 is 0.960 bits per heavy atom. The number of carbonyl (C=O) groups is 2. The average Bonchev–Trinajstić information content (AvgIpc) is 3.33. The Morgan fingerprint density at radius 3 is 2.16 bits per heavy atom. The molecule has 2 aliphatic carbocycles. The largest absolute Gasteiger partial charge is 0.368 e. The van der Waals surface area contributed by atoms with E-state index in [1.54, 1.807) is 12.1 Å². The van der Waals surface area contributed by atoms with Gasteiger partial charge in [0, 0.05) is 24.0 Å². The predicted molar refractivity (Wildman–Crippen MR) is 95.0 cm³/mol. The van der Waals surface area contributed by atoms with Crippen LogP contribution in [0.2, 0.25) is 0 Å². The summed E-state index contributed by atoms with van der Waals surface area (Å²) in [5.41, 5.74) is 7.67. The van der Waals surface area contributed by atoms with Crippen LogP contribution in [0.1, 0.15) is 32.1 Å². The maximum atomic E-state index is 12.6. The lowest BCUT2D eigenvalue weighted by molar-refractivity contribution is -0.124. The summed E-state index contributed by atoms with van der Waals surface area (Å²) in [5.74, 6) is 0.789. The topological polar surface area (TPSA) is 93.5 Å².